The second-order valence-electron chi connectivity index (χ2n) is 2.05. The Labute approximate surface area is 52.8 Å². The Balaban J connectivity index is -0.0000000575. The third-order valence-corrected chi connectivity index (χ3v) is 0. The molecule has 0 aliphatic carbocycles. The van der Waals surface area contributed by atoms with Gasteiger partial charge in [-0.3, -0.25) is 0 Å². The monoisotopic (exact) mass is 121 g/mol. The Morgan fingerprint density at radius 3 is 1.00 bits per heavy atom. The standard InChI is InChI=1S/C3H9N.C3H8.H2O/c1-4(2)3;1-3-2;/h1-3H3;3H2,1-2H3;1H2. The van der Waals surface area contributed by atoms with E-state index in [1.54, 1.807) is 0 Å². The van der Waals surface area contributed by atoms with Gasteiger partial charge >= 0.3 is 0 Å². The Morgan fingerprint density at radius 2 is 1.00 bits per heavy atom. The highest BCUT2D eigenvalue weighted by atomic mass is 16.0. The molecule has 0 aliphatic heterocycles. The summed E-state index contributed by atoms with van der Waals surface area (Å²) < 4.78 is 0. The molecule has 0 rings (SSSR count). The van der Waals surface area contributed by atoms with Crippen molar-refractivity contribution in [2.45, 2.75) is 20.3 Å². The third-order valence-electron chi connectivity index (χ3n) is 0. The van der Waals surface area contributed by atoms with Crippen LogP contribution in [-0.4, -0.2) is 31.5 Å². The quantitative estimate of drug-likeness (QED) is 0.466. The van der Waals surface area contributed by atoms with Crippen molar-refractivity contribution in [3.05, 3.63) is 0 Å². The molecule has 0 radical (unpaired) electrons. The number of hydrogen-bond donors (Lipinski definition) is 0. The van der Waals surface area contributed by atoms with E-state index in [-0.39, 0.29) is 5.48 Å². The number of hydrogen-bond acceptors (Lipinski definition) is 1. The minimum atomic E-state index is 0. The van der Waals surface area contributed by atoms with Crippen molar-refractivity contribution in [3.63, 3.8) is 0 Å². The van der Waals surface area contributed by atoms with E-state index in [1.807, 2.05) is 26.0 Å². The van der Waals surface area contributed by atoms with Crippen LogP contribution in [0.5, 0.6) is 0 Å². The highest BCUT2D eigenvalue weighted by molar-refractivity contribution is 4.09. The minimum Gasteiger partial charge on any atom is -0.412 e. The SMILES string of the molecule is CCC.CN(C)C.O. The topological polar surface area (TPSA) is 34.7 Å². The van der Waals surface area contributed by atoms with Gasteiger partial charge in [-0.25, -0.2) is 0 Å². The van der Waals surface area contributed by atoms with E-state index in [4.69, 9.17) is 0 Å². The summed E-state index contributed by atoms with van der Waals surface area (Å²) >= 11 is 0. The van der Waals surface area contributed by atoms with Gasteiger partial charge in [-0.15, -0.1) is 0 Å². The molecular weight excluding hydrogens is 102 g/mol. The predicted octanol–water partition coefficient (Wildman–Crippen LogP) is 0.769. The molecule has 0 saturated carbocycles. The Morgan fingerprint density at radius 1 is 1.00 bits per heavy atom. The van der Waals surface area contributed by atoms with Crippen molar-refractivity contribution < 1.29 is 5.48 Å². The first-order valence-electron chi connectivity index (χ1n) is 2.76. The molecule has 0 spiro atoms. The highest BCUT2D eigenvalue weighted by Gasteiger charge is 1.58. The third kappa shape index (κ3) is 22400. The molecule has 0 amide bonds. The molecule has 0 bridgehead atoms. The molecule has 2 heteroatoms. The molecule has 8 heavy (non-hydrogen) atoms. The lowest BCUT2D eigenvalue weighted by atomic mass is 10.6. The van der Waals surface area contributed by atoms with Crippen LogP contribution in [-0.2, 0) is 0 Å². The molecule has 0 aromatic rings. The van der Waals surface area contributed by atoms with Crippen molar-refractivity contribution in [2.75, 3.05) is 21.1 Å². The molecule has 0 atom stereocenters. The first kappa shape index (κ1) is 15.7. The summed E-state index contributed by atoms with van der Waals surface area (Å²) in [6.45, 7) is 4.25. The predicted molar refractivity (Wildman–Crippen MR) is 39.2 cm³/mol. The van der Waals surface area contributed by atoms with Crippen LogP contribution >= 0.6 is 0 Å². The van der Waals surface area contributed by atoms with Crippen LogP contribution in [0.15, 0.2) is 0 Å². The van der Waals surface area contributed by atoms with Crippen molar-refractivity contribution >= 4 is 0 Å². The van der Waals surface area contributed by atoms with Crippen molar-refractivity contribution in [2.24, 2.45) is 0 Å². The normalized spacial score (nSPS) is 6.75. The van der Waals surface area contributed by atoms with Crippen molar-refractivity contribution in [1.29, 1.82) is 0 Å². The van der Waals surface area contributed by atoms with Gasteiger partial charge < -0.3 is 10.4 Å². The van der Waals surface area contributed by atoms with E-state index in [0.29, 0.717) is 0 Å². The van der Waals surface area contributed by atoms with Gasteiger partial charge in [0, 0.05) is 0 Å². The van der Waals surface area contributed by atoms with Crippen LogP contribution in [0.25, 0.3) is 0 Å². The zero-order valence-corrected chi connectivity index (χ0v) is 6.65. The first-order chi connectivity index (χ1) is 3.15. The zero-order valence-electron chi connectivity index (χ0n) is 6.65. The van der Waals surface area contributed by atoms with Crippen LogP contribution in [0.3, 0.4) is 0 Å². The van der Waals surface area contributed by atoms with E-state index in [9.17, 15) is 0 Å². The molecular formula is C6H19NO. The highest BCUT2D eigenvalue weighted by Crippen LogP contribution is 1.56. The minimum absolute atomic E-state index is 0. The Hall–Kier alpha value is -0.0800. The van der Waals surface area contributed by atoms with Gasteiger partial charge in [-0.1, -0.05) is 20.3 Å². The molecule has 2 N–H and O–H groups in total. The van der Waals surface area contributed by atoms with E-state index >= 15 is 0 Å². The lowest BCUT2D eigenvalue weighted by Gasteiger charge is -1.90. The van der Waals surface area contributed by atoms with Crippen LogP contribution < -0.4 is 0 Å². The number of rotatable bonds is 0. The maximum Gasteiger partial charge on any atom is -0.0140 e. The molecule has 54 valence electrons. The lowest BCUT2D eigenvalue weighted by molar-refractivity contribution is 0.505. The molecule has 2 nitrogen and oxygen atoms in total. The van der Waals surface area contributed by atoms with Crippen LogP contribution in [0.1, 0.15) is 20.3 Å². The summed E-state index contributed by atoms with van der Waals surface area (Å²) in [5.41, 5.74) is 0. The molecule has 0 heterocycles. The van der Waals surface area contributed by atoms with Gasteiger partial charge in [0.25, 0.3) is 0 Å². The molecule has 0 fully saturated rings. The van der Waals surface area contributed by atoms with Gasteiger partial charge in [-0.2, -0.15) is 0 Å². The van der Waals surface area contributed by atoms with Crippen molar-refractivity contribution in [3.8, 4) is 0 Å². The maximum absolute atomic E-state index is 2.12. The summed E-state index contributed by atoms with van der Waals surface area (Å²) in [7, 11) is 6.00. The van der Waals surface area contributed by atoms with E-state index in [0.717, 1.165) is 0 Å². The second kappa shape index (κ2) is 15.8. The fourth-order valence-electron chi connectivity index (χ4n) is 0. The molecule has 0 unspecified atom stereocenters. The smallest absolute Gasteiger partial charge is 0.0140 e. The van der Waals surface area contributed by atoms with Gasteiger partial charge in [0.2, 0.25) is 0 Å². The molecule has 0 saturated heterocycles. The summed E-state index contributed by atoms with van der Waals surface area (Å²) in [5.74, 6) is 0. The second-order valence-corrected chi connectivity index (χ2v) is 2.05. The summed E-state index contributed by atoms with van der Waals surface area (Å²) in [6.07, 6.45) is 1.25. The lowest BCUT2D eigenvalue weighted by Crippen LogP contribution is -1.99. The zero-order chi connectivity index (χ0) is 6.28. The Kier molecular flexibility index (Phi) is 30.9. The van der Waals surface area contributed by atoms with Gasteiger partial charge in [-0.05, 0) is 21.1 Å². The molecule has 0 aromatic heterocycles. The first-order valence-corrected chi connectivity index (χ1v) is 2.76. The maximum atomic E-state index is 2.12. The van der Waals surface area contributed by atoms with Crippen LogP contribution in [0.2, 0.25) is 0 Å². The average molecular weight is 121 g/mol. The van der Waals surface area contributed by atoms with Crippen molar-refractivity contribution in [1.82, 2.24) is 4.90 Å². The molecule has 0 aromatic carbocycles. The number of nitrogens with zero attached hydrogens (tertiary/aromatic N) is 1. The fourth-order valence-corrected chi connectivity index (χ4v) is 0. The van der Waals surface area contributed by atoms with E-state index in [2.05, 4.69) is 13.8 Å². The van der Waals surface area contributed by atoms with Gasteiger partial charge in [0.05, 0.1) is 0 Å². The summed E-state index contributed by atoms with van der Waals surface area (Å²) in [5, 5.41) is 0. The Bertz CT molecular complexity index is 19.7. The van der Waals surface area contributed by atoms with E-state index < -0.39 is 0 Å². The van der Waals surface area contributed by atoms with Gasteiger partial charge in [0.15, 0.2) is 0 Å². The average Bonchev–Trinajstić information content (AvgIpc) is 1.33. The van der Waals surface area contributed by atoms with E-state index in [1.165, 1.54) is 6.42 Å². The van der Waals surface area contributed by atoms with Crippen LogP contribution in [0.4, 0.5) is 0 Å². The van der Waals surface area contributed by atoms with Crippen LogP contribution in [0, 0.1) is 0 Å². The summed E-state index contributed by atoms with van der Waals surface area (Å²) in [6, 6.07) is 0. The fraction of sp³-hybridized carbons (Fsp3) is 1.00. The molecule has 0 aliphatic rings. The van der Waals surface area contributed by atoms with Gasteiger partial charge in [0.1, 0.15) is 0 Å². The summed E-state index contributed by atoms with van der Waals surface area (Å²) in [4.78, 5) is 2.00. The largest absolute Gasteiger partial charge is 0.412 e.